The van der Waals surface area contributed by atoms with Crippen molar-refractivity contribution >= 4 is 27.4 Å². The Balaban J connectivity index is 1.48. The second kappa shape index (κ2) is 8.78. The highest BCUT2D eigenvalue weighted by Gasteiger charge is 2.34. The number of sulfonamides is 1. The van der Waals surface area contributed by atoms with Crippen LogP contribution < -0.4 is 9.64 Å². The topological polar surface area (TPSA) is 75.6 Å². The van der Waals surface area contributed by atoms with E-state index < -0.39 is 15.8 Å². The summed E-state index contributed by atoms with van der Waals surface area (Å²) in [5, 5.41) is -0.0450. The minimum Gasteiger partial charge on any atom is -0.439 e. The standard InChI is InChI=1S/C21H20ClFN4O3S/c1-15-13-26(9-10-27(15)31(28,29)17-5-3-2-4-6-17)20-12-21(25-14-24-20)30-16-7-8-19(23)18(22)11-16/h2-8,11-12,14-15H,9-10,13H2,1H3. The van der Waals surface area contributed by atoms with Gasteiger partial charge in [0, 0.05) is 37.8 Å². The van der Waals surface area contributed by atoms with E-state index in [0.717, 1.165) is 0 Å². The summed E-state index contributed by atoms with van der Waals surface area (Å²) >= 11 is 5.79. The Morgan fingerprint density at radius 3 is 2.58 bits per heavy atom. The van der Waals surface area contributed by atoms with Crippen molar-refractivity contribution in [2.24, 2.45) is 0 Å². The number of piperazine rings is 1. The number of aromatic nitrogens is 2. The molecule has 1 aromatic heterocycles. The maximum Gasteiger partial charge on any atom is 0.243 e. The van der Waals surface area contributed by atoms with Gasteiger partial charge in [0.25, 0.3) is 0 Å². The molecule has 4 rings (SSSR count). The molecule has 1 atom stereocenters. The van der Waals surface area contributed by atoms with Crippen LogP contribution in [0.15, 0.2) is 65.8 Å². The molecule has 0 amide bonds. The first-order valence-electron chi connectivity index (χ1n) is 9.61. The average molecular weight is 463 g/mol. The zero-order chi connectivity index (χ0) is 22.0. The van der Waals surface area contributed by atoms with Gasteiger partial charge in [-0.15, -0.1) is 0 Å². The summed E-state index contributed by atoms with van der Waals surface area (Å²) in [6.45, 7) is 3.12. The minimum atomic E-state index is -3.57. The summed E-state index contributed by atoms with van der Waals surface area (Å²) in [6, 6.07) is 13.9. The van der Waals surface area contributed by atoms with Gasteiger partial charge in [0.2, 0.25) is 15.9 Å². The molecule has 1 fully saturated rings. The Morgan fingerprint density at radius 1 is 1.10 bits per heavy atom. The maximum absolute atomic E-state index is 13.3. The Kier molecular flexibility index (Phi) is 6.08. The number of rotatable bonds is 5. The molecule has 3 aromatic rings. The van der Waals surface area contributed by atoms with Crippen molar-refractivity contribution in [2.45, 2.75) is 17.9 Å². The second-order valence-electron chi connectivity index (χ2n) is 7.12. The van der Waals surface area contributed by atoms with Crippen LogP contribution in [0.5, 0.6) is 11.6 Å². The molecular weight excluding hydrogens is 443 g/mol. The largest absolute Gasteiger partial charge is 0.439 e. The predicted octanol–water partition coefficient (Wildman–Crippen LogP) is 3.96. The third kappa shape index (κ3) is 4.63. The van der Waals surface area contributed by atoms with Crippen molar-refractivity contribution in [3.8, 4) is 11.6 Å². The van der Waals surface area contributed by atoms with E-state index in [1.54, 1.807) is 36.4 Å². The molecule has 0 radical (unpaired) electrons. The highest BCUT2D eigenvalue weighted by molar-refractivity contribution is 7.89. The van der Waals surface area contributed by atoms with Crippen LogP contribution >= 0.6 is 11.6 Å². The van der Waals surface area contributed by atoms with Crippen LogP contribution in [0.25, 0.3) is 0 Å². The summed E-state index contributed by atoms with van der Waals surface area (Å²) in [5.41, 5.74) is 0. The van der Waals surface area contributed by atoms with Crippen molar-refractivity contribution in [1.82, 2.24) is 14.3 Å². The van der Waals surface area contributed by atoms with E-state index in [-0.39, 0.29) is 21.8 Å². The molecule has 7 nitrogen and oxygen atoms in total. The van der Waals surface area contributed by atoms with E-state index in [1.807, 2.05) is 11.8 Å². The van der Waals surface area contributed by atoms with Crippen LogP contribution in [0.3, 0.4) is 0 Å². The Hall–Kier alpha value is -2.75. The molecule has 31 heavy (non-hydrogen) atoms. The van der Waals surface area contributed by atoms with Crippen molar-refractivity contribution in [3.63, 3.8) is 0 Å². The molecule has 162 valence electrons. The molecular formula is C21H20ClFN4O3S. The maximum atomic E-state index is 13.3. The van der Waals surface area contributed by atoms with Crippen molar-refractivity contribution < 1.29 is 17.5 Å². The summed E-state index contributed by atoms with van der Waals surface area (Å²) in [5.74, 6) is 0.708. The third-order valence-corrected chi connectivity index (χ3v) is 7.30. The first-order valence-corrected chi connectivity index (χ1v) is 11.4. The average Bonchev–Trinajstić information content (AvgIpc) is 2.77. The lowest BCUT2D eigenvalue weighted by molar-refractivity contribution is 0.305. The van der Waals surface area contributed by atoms with Gasteiger partial charge >= 0.3 is 0 Å². The van der Waals surface area contributed by atoms with E-state index in [1.165, 1.54) is 28.8 Å². The molecule has 0 aliphatic carbocycles. The predicted molar refractivity (Wildman–Crippen MR) is 116 cm³/mol. The second-order valence-corrected chi connectivity index (χ2v) is 9.41. The van der Waals surface area contributed by atoms with Gasteiger partial charge in [0.05, 0.1) is 9.92 Å². The molecule has 0 N–H and O–H groups in total. The van der Waals surface area contributed by atoms with Crippen molar-refractivity contribution in [1.29, 1.82) is 0 Å². The smallest absolute Gasteiger partial charge is 0.243 e. The number of hydrogen-bond acceptors (Lipinski definition) is 6. The fourth-order valence-electron chi connectivity index (χ4n) is 3.45. The van der Waals surface area contributed by atoms with Gasteiger partial charge in [0.15, 0.2) is 0 Å². The zero-order valence-corrected chi connectivity index (χ0v) is 18.2. The summed E-state index contributed by atoms with van der Waals surface area (Å²) in [7, 11) is -3.57. The molecule has 0 saturated carbocycles. The Morgan fingerprint density at radius 2 is 1.87 bits per heavy atom. The van der Waals surface area contributed by atoms with Crippen molar-refractivity contribution in [3.05, 3.63) is 71.8 Å². The van der Waals surface area contributed by atoms with E-state index in [0.29, 0.717) is 31.2 Å². The van der Waals surface area contributed by atoms with Crippen molar-refractivity contribution in [2.75, 3.05) is 24.5 Å². The van der Waals surface area contributed by atoms with Gasteiger partial charge in [-0.1, -0.05) is 29.8 Å². The number of halogens is 2. The highest BCUT2D eigenvalue weighted by Crippen LogP contribution is 2.28. The van der Waals surface area contributed by atoms with Crippen LogP contribution in [0.2, 0.25) is 5.02 Å². The van der Waals surface area contributed by atoms with Crippen LogP contribution in [-0.2, 0) is 10.0 Å². The number of hydrogen-bond donors (Lipinski definition) is 0. The Bertz CT molecular complexity index is 1180. The number of benzene rings is 2. The molecule has 1 aliphatic heterocycles. The Labute approximate surface area is 185 Å². The number of anilines is 1. The summed E-state index contributed by atoms with van der Waals surface area (Å²) in [6.07, 6.45) is 1.37. The number of nitrogens with zero attached hydrogens (tertiary/aromatic N) is 4. The molecule has 2 aromatic carbocycles. The summed E-state index contributed by atoms with van der Waals surface area (Å²) in [4.78, 5) is 10.7. The monoisotopic (exact) mass is 462 g/mol. The van der Waals surface area contributed by atoms with Gasteiger partial charge in [-0.05, 0) is 31.2 Å². The molecule has 1 unspecified atom stereocenters. The normalized spacial score (nSPS) is 17.5. The first kappa shape index (κ1) is 21.5. The highest BCUT2D eigenvalue weighted by atomic mass is 35.5. The molecule has 1 saturated heterocycles. The van der Waals surface area contributed by atoms with Crippen LogP contribution in [-0.4, -0.2) is 48.4 Å². The molecule has 10 heteroatoms. The molecule has 1 aliphatic rings. The van der Waals surface area contributed by atoms with Gasteiger partial charge < -0.3 is 9.64 Å². The zero-order valence-electron chi connectivity index (χ0n) is 16.6. The summed E-state index contributed by atoms with van der Waals surface area (Å²) < 4.78 is 46.5. The van der Waals surface area contributed by atoms with E-state index in [2.05, 4.69) is 9.97 Å². The van der Waals surface area contributed by atoms with E-state index in [9.17, 15) is 12.8 Å². The SMILES string of the molecule is CC1CN(c2cc(Oc3ccc(F)c(Cl)c3)ncn2)CCN1S(=O)(=O)c1ccccc1. The van der Waals surface area contributed by atoms with Gasteiger partial charge in [0.1, 0.15) is 23.7 Å². The lowest BCUT2D eigenvalue weighted by Crippen LogP contribution is -2.54. The van der Waals surface area contributed by atoms with Crippen LogP contribution in [0.4, 0.5) is 10.2 Å². The van der Waals surface area contributed by atoms with Gasteiger partial charge in [-0.25, -0.2) is 22.8 Å². The fourth-order valence-corrected chi connectivity index (χ4v) is 5.26. The fraction of sp³-hybridized carbons (Fsp3) is 0.238. The van der Waals surface area contributed by atoms with Crippen LogP contribution in [0.1, 0.15) is 6.92 Å². The molecule has 0 bridgehead atoms. The number of ether oxygens (including phenoxy) is 1. The van der Waals surface area contributed by atoms with Gasteiger partial charge in [-0.2, -0.15) is 4.31 Å². The van der Waals surface area contributed by atoms with Crippen LogP contribution in [0, 0.1) is 5.82 Å². The molecule has 2 heterocycles. The molecule has 0 spiro atoms. The lowest BCUT2D eigenvalue weighted by Gasteiger charge is -2.39. The third-order valence-electron chi connectivity index (χ3n) is 4.98. The quantitative estimate of drug-likeness (QED) is 0.571. The van der Waals surface area contributed by atoms with Gasteiger partial charge in [-0.3, -0.25) is 0 Å². The van der Waals surface area contributed by atoms with E-state index in [4.69, 9.17) is 16.3 Å². The minimum absolute atomic E-state index is 0.0450. The van der Waals surface area contributed by atoms with E-state index >= 15 is 0 Å². The first-order chi connectivity index (χ1) is 14.8. The lowest BCUT2D eigenvalue weighted by atomic mass is 10.2.